The molecular weight excluding hydrogens is 461 g/mol. The van der Waals surface area contributed by atoms with Crippen LogP contribution in [0.2, 0.25) is 0 Å². The summed E-state index contributed by atoms with van der Waals surface area (Å²) in [6.07, 6.45) is 2.52. The molecule has 2 aromatic rings. The molecule has 3 rings (SSSR count). The zero-order chi connectivity index (χ0) is 24.3. The first-order valence-corrected chi connectivity index (χ1v) is 11.0. The number of amides is 2. The Bertz CT molecular complexity index is 1050. The van der Waals surface area contributed by atoms with Crippen LogP contribution in [0.4, 0.5) is 4.39 Å². The number of hydrogen-bond acceptors (Lipinski definition) is 6. The van der Waals surface area contributed by atoms with Gasteiger partial charge in [-0.15, -0.1) is 0 Å². The predicted octanol–water partition coefficient (Wildman–Crippen LogP) is 2.05. The van der Waals surface area contributed by atoms with Gasteiger partial charge in [-0.1, -0.05) is 30.3 Å². The first-order chi connectivity index (χ1) is 16.4. The number of esters is 1. The largest absolute Gasteiger partial charge is 0.490 e. The van der Waals surface area contributed by atoms with Gasteiger partial charge >= 0.3 is 5.97 Å². The van der Waals surface area contributed by atoms with Crippen LogP contribution in [0, 0.1) is 5.82 Å². The topological polar surface area (TPSA) is 97.0 Å². The summed E-state index contributed by atoms with van der Waals surface area (Å²) in [5, 5.41) is 5.24. The fraction of sp³-hybridized carbons (Fsp3) is 0.250. The summed E-state index contributed by atoms with van der Waals surface area (Å²) in [5.41, 5.74) is 0.636. The second-order valence-corrected chi connectivity index (χ2v) is 7.65. The molecule has 34 heavy (non-hydrogen) atoms. The van der Waals surface area contributed by atoms with E-state index in [1.807, 2.05) is 18.2 Å². The highest BCUT2D eigenvalue weighted by atomic mass is 32.1. The summed E-state index contributed by atoms with van der Waals surface area (Å²) in [6, 6.07) is 13.8. The molecule has 0 saturated carbocycles. The summed E-state index contributed by atoms with van der Waals surface area (Å²) in [6.45, 7) is 0.834. The Morgan fingerprint density at radius 1 is 1.15 bits per heavy atom. The molecule has 1 aliphatic heterocycles. The lowest BCUT2D eigenvalue weighted by atomic mass is 10.1. The van der Waals surface area contributed by atoms with Gasteiger partial charge in [-0.2, -0.15) is 0 Å². The standard InChI is InChI=1S/C24H24FN3O5S/c25-18-9-6-17(7-10-18)8-11-21(29)27-24(34)28-13-12-26-23(31)20(28)16-22(30)33-15-14-32-19-4-2-1-3-5-19/h1-11,20H,12-16H2,(H,26,31)(H,27,29,34)/b11-8+. The number of benzene rings is 2. The van der Waals surface area contributed by atoms with Gasteiger partial charge < -0.3 is 19.7 Å². The number of thiocarbonyl (C=S) groups is 1. The lowest BCUT2D eigenvalue weighted by molar-refractivity contribution is -0.148. The summed E-state index contributed by atoms with van der Waals surface area (Å²) in [7, 11) is 0. The van der Waals surface area contributed by atoms with Crippen molar-refractivity contribution in [3.8, 4) is 5.75 Å². The van der Waals surface area contributed by atoms with Crippen LogP contribution in [0.25, 0.3) is 6.08 Å². The molecule has 1 unspecified atom stereocenters. The predicted molar refractivity (Wildman–Crippen MR) is 127 cm³/mol. The number of halogens is 1. The minimum atomic E-state index is -0.912. The van der Waals surface area contributed by atoms with Crippen molar-refractivity contribution in [2.75, 3.05) is 26.3 Å². The Labute approximate surface area is 201 Å². The maximum absolute atomic E-state index is 13.0. The SMILES string of the molecule is O=C(/C=C/c1ccc(F)cc1)NC(=S)N1CCNC(=O)C1CC(=O)OCCOc1ccccc1. The number of rotatable bonds is 8. The van der Waals surface area contributed by atoms with Crippen LogP contribution in [0.1, 0.15) is 12.0 Å². The molecule has 1 fully saturated rings. The third kappa shape index (κ3) is 7.66. The van der Waals surface area contributed by atoms with Crippen LogP contribution in [-0.4, -0.2) is 60.1 Å². The summed E-state index contributed by atoms with van der Waals surface area (Å²) in [5.74, 6) is -1.21. The molecule has 2 amide bonds. The van der Waals surface area contributed by atoms with Crippen molar-refractivity contribution in [1.82, 2.24) is 15.5 Å². The van der Waals surface area contributed by atoms with E-state index in [1.54, 1.807) is 12.1 Å². The van der Waals surface area contributed by atoms with Crippen molar-refractivity contribution in [1.29, 1.82) is 0 Å². The second kappa shape index (κ2) is 12.4. The van der Waals surface area contributed by atoms with Crippen molar-refractivity contribution < 1.29 is 28.2 Å². The van der Waals surface area contributed by atoms with Gasteiger partial charge in [0.05, 0.1) is 6.42 Å². The monoisotopic (exact) mass is 485 g/mol. The average molecular weight is 486 g/mol. The smallest absolute Gasteiger partial charge is 0.308 e. The zero-order valence-electron chi connectivity index (χ0n) is 18.2. The van der Waals surface area contributed by atoms with Crippen molar-refractivity contribution in [3.63, 3.8) is 0 Å². The lowest BCUT2D eigenvalue weighted by Crippen LogP contribution is -2.60. The van der Waals surface area contributed by atoms with E-state index in [0.717, 1.165) is 0 Å². The molecule has 1 aliphatic rings. The molecule has 0 spiro atoms. The number of nitrogens with one attached hydrogen (secondary N) is 2. The van der Waals surface area contributed by atoms with Gasteiger partial charge in [0.1, 0.15) is 30.8 Å². The van der Waals surface area contributed by atoms with Crippen molar-refractivity contribution >= 4 is 41.2 Å². The molecule has 0 radical (unpaired) electrons. The summed E-state index contributed by atoms with van der Waals surface area (Å²) >= 11 is 5.30. The van der Waals surface area contributed by atoms with Crippen LogP contribution in [-0.2, 0) is 19.1 Å². The van der Waals surface area contributed by atoms with E-state index in [4.69, 9.17) is 21.7 Å². The minimum Gasteiger partial charge on any atom is -0.490 e. The molecule has 1 atom stereocenters. The fourth-order valence-electron chi connectivity index (χ4n) is 3.17. The van der Waals surface area contributed by atoms with Crippen LogP contribution in [0.15, 0.2) is 60.7 Å². The molecule has 0 aromatic heterocycles. The van der Waals surface area contributed by atoms with E-state index < -0.39 is 17.9 Å². The Balaban J connectivity index is 1.49. The first-order valence-electron chi connectivity index (χ1n) is 10.6. The molecule has 2 aromatic carbocycles. The van der Waals surface area contributed by atoms with Gasteiger partial charge in [0.15, 0.2) is 5.11 Å². The average Bonchev–Trinajstić information content (AvgIpc) is 2.83. The molecule has 10 heteroatoms. The zero-order valence-corrected chi connectivity index (χ0v) is 19.1. The van der Waals surface area contributed by atoms with Crippen LogP contribution in [0.5, 0.6) is 5.75 Å². The normalized spacial score (nSPS) is 15.5. The Hall–Kier alpha value is -3.79. The molecule has 0 bridgehead atoms. The molecule has 2 N–H and O–H groups in total. The maximum atomic E-state index is 13.0. The number of piperazine rings is 1. The van der Waals surface area contributed by atoms with Crippen molar-refractivity contribution in [3.05, 3.63) is 72.1 Å². The first kappa shape index (κ1) is 24.8. The molecule has 1 saturated heterocycles. The van der Waals surface area contributed by atoms with E-state index in [9.17, 15) is 18.8 Å². The fourth-order valence-corrected chi connectivity index (χ4v) is 3.49. The van der Waals surface area contributed by atoms with Gasteiger partial charge in [-0.05, 0) is 48.1 Å². The highest BCUT2D eigenvalue weighted by molar-refractivity contribution is 7.80. The van der Waals surface area contributed by atoms with Crippen molar-refractivity contribution in [2.24, 2.45) is 0 Å². The summed E-state index contributed by atoms with van der Waals surface area (Å²) in [4.78, 5) is 38.4. The number of para-hydroxylation sites is 1. The number of carbonyl (C=O) groups is 3. The maximum Gasteiger partial charge on any atom is 0.308 e. The number of carbonyl (C=O) groups excluding carboxylic acids is 3. The van der Waals surface area contributed by atoms with Gasteiger partial charge in [0.2, 0.25) is 11.8 Å². The molecular formula is C24H24FN3O5S. The van der Waals surface area contributed by atoms with E-state index >= 15 is 0 Å². The van der Waals surface area contributed by atoms with Crippen LogP contribution < -0.4 is 15.4 Å². The third-order valence-electron chi connectivity index (χ3n) is 4.84. The Morgan fingerprint density at radius 3 is 2.62 bits per heavy atom. The highest BCUT2D eigenvalue weighted by Crippen LogP contribution is 2.12. The van der Waals surface area contributed by atoms with Gasteiger partial charge in [0, 0.05) is 19.2 Å². The van der Waals surface area contributed by atoms with E-state index in [1.165, 1.54) is 41.3 Å². The molecule has 178 valence electrons. The second-order valence-electron chi connectivity index (χ2n) is 7.27. The van der Waals surface area contributed by atoms with Gasteiger partial charge in [-0.3, -0.25) is 19.7 Å². The number of nitrogens with zero attached hydrogens (tertiary/aromatic N) is 1. The Kier molecular flexibility index (Phi) is 9.10. The summed E-state index contributed by atoms with van der Waals surface area (Å²) < 4.78 is 23.6. The minimum absolute atomic E-state index is 0.0221. The van der Waals surface area contributed by atoms with E-state index in [0.29, 0.717) is 24.4 Å². The highest BCUT2D eigenvalue weighted by Gasteiger charge is 2.34. The molecule has 8 nitrogen and oxygen atoms in total. The Morgan fingerprint density at radius 2 is 1.88 bits per heavy atom. The lowest BCUT2D eigenvalue weighted by Gasteiger charge is -2.36. The van der Waals surface area contributed by atoms with Crippen molar-refractivity contribution in [2.45, 2.75) is 12.5 Å². The molecule has 0 aliphatic carbocycles. The van der Waals surface area contributed by atoms with E-state index in [-0.39, 0.29) is 36.5 Å². The number of hydrogen-bond donors (Lipinski definition) is 2. The molecule has 1 heterocycles. The van der Waals surface area contributed by atoms with Gasteiger partial charge in [-0.25, -0.2) is 4.39 Å². The van der Waals surface area contributed by atoms with Crippen LogP contribution >= 0.6 is 12.2 Å². The van der Waals surface area contributed by atoms with E-state index in [2.05, 4.69) is 10.6 Å². The number of ether oxygens (including phenoxy) is 2. The van der Waals surface area contributed by atoms with Crippen LogP contribution in [0.3, 0.4) is 0 Å². The quantitative estimate of drug-likeness (QED) is 0.256. The third-order valence-corrected chi connectivity index (χ3v) is 5.17. The van der Waals surface area contributed by atoms with Gasteiger partial charge in [0.25, 0.3) is 0 Å².